The fourth-order valence-corrected chi connectivity index (χ4v) is 1.61. The van der Waals surface area contributed by atoms with Crippen LogP contribution in [0.15, 0.2) is 18.2 Å². The number of nitrogens with zero attached hydrogens (tertiary/aromatic N) is 1. The molecule has 1 aromatic carbocycles. The zero-order chi connectivity index (χ0) is 11.1. The van der Waals surface area contributed by atoms with Crippen LogP contribution in [0.3, 0.4) is 0 Å². The van der Waals surface area contributed by atoms with Crippen LogP contribution in [0.25, 0.3) is 0 Å². The fourth-order valence-electron chi connectivity index (χ4n) is 1.43. The second-order valence-corrected chi connectivity index (χ2v) is 3.77. The Bertz CT molecular complexity index is 285. The van der Waals surface area contributed by atoms with Crippen molar-refractivity contribution in [2.24, 2.45) is 0 Å². The first-order chi connectivity index (χ1) is 7.26. The highest BCUT2D eigenvalue weighted by atomic mass is 35.5. The van der Waals surface area contributed by atoms with Crippen LogP contribution in [0.1, 0.15) is 13.8 Å². The van der Waals surface area contributed by atoms with E-state index in [1.54, 1.807) is 0 Å². The minimum Gasteiger partial charge on any atom is -0.383 e. The number of benzene rings is 1. The van der Waals surface area contributed by atoms with Crippen LogP contribution in [-0.2, 0) is 0 Å². The molecular formula is C12H18ClN2. The summed E-state index contributed by atoms with van der Waals surface area (Å²) in [5.41, 5.74) is 0.967. The van der Waals surface area contributed by atoms with Gasteiger partial charge in [0, 0.05) is 24.8 Å². The number of rotatable bonds is 6. The highest BCUT2D eigenvalue weighted by Gasteiger charge is 1.98. The fraction of sp³-hybridized carbons (Fsp3) is 0.500. The maximum atomic E-state index is 5.83. The molecule has 1 aromatic rings. The number of nitrogens with one attached hydrogen (secondary N) is 1. The van der Waals surface area contributed by atoms with E-state index in [-0.39, 0.29) is 0 Å². The Morgan fingerprint density at radius 2 is 2.07 bits per heavy atom. The van der Waals surface area contributed by atoms with E-state index in [1.165, 1.54) is 0 Å². The Balaban J connectivity index is 2.31. The van der Waals surface area contributed by atoms with Gasteiger partial charge in [0.05, 0.1) is 5.02 Å². The molecule has 2 nitrogen and oxygen atoms in total. The number of anilines is 1. The van der Waals surface area contributed by atoms with Gasteiger partial charge < -0.3 is 10.2 Å². The predicted molar refractivity (Wildman–Crippen MR) is 66.6 cm³/mol. The number of hydrogen-bond acceptors (Lipinski definition) is 2. The van der Waals surface area contributed by atoms with Crippen molar-refractivity contribution in [2.75, 3.05) is 31.5 Å². The van der Waals surface area contributed by atoms with E-state index in [4.69, 9.17) is 11.6 Å². The molecule has 0 saturated carbocycles. The van der Waals surface area contributed by atoms with Crippen molar-refractivity contribution in [1.82, 2.24) is 4.90 Å². The van der Waals surface area contributed by atoms with Crippen molar-refractivity contribution in [2.45, 2.75) is 13.8 Å². The first-order valence-electron chi connectivity index (χ1n) is 5.40. The summed E-state index contributed by atoms with van der Waals surface area (Å²) in [7, 11) is 0. The normalized spacial score (nSPS) is 10.7. The average molecular weight is 226 g/mol. The zero-order valence-corrected chi connectivity index (χ0v) is 10.1. The number of hydrogen-bond donors (Lipinski definition) is 1. The van der Waals surface area contributed by atoms with Gasteiger partial charge in [0.2, 0.25) is 0 Å². The lowest BCUT2D eigenvalue weighted by Gasteiger charge is -2.18. The van der Waals surface area contributed by atoms with Gasteiger partial charge in [0.15, 0.2) is 0 Å². The van der Waals surface area contributed by atoms with Crippen LogP contribution in [0, 0.1) is 6.07 Å². The molecule has 0 heterocycles. The van der Waals surface area contributed by atoms with Crippen molar-refractivity contribution in [3.8, 4) is 0 Å². The third-order valence-electron chi connectivity index (χ3n) is 2.40. The minimum atomic E-state index is 0.655. The molecule has 0 aliphatic heterocycles. The molecule has 15 heavy (non-hydrogen) atoms. The maximum Gasteiger partial charge on any atom is 0.0506 e. The lowest BCUT2D eigenvalue weighted by molar-refractivity contribution is 0.316. The van der Waals surface area contributed by atoms with Crippen molar-refractivity contribution in [1.29, 1.82) is 0 Å². The summed E-state index contributed by atoms with van der Waals surface area (Å²) >= 11 is 5.83. The van der Waals surface area contributed by atoms with E-state index in [9.17, 15) is 0 Å². The molecule has 83 valence electrons. The van der Waals surface area contributed by atoms with Crippen LogP contribution in [0.5, 0.6) is 0 Å². The molecule has 0 unspecified atom stereocenters. The number of halogens is 1. The molecule has 0 fully saturated rings. The van der Waals surface area contributed by atoms with Gasteiger partial charge in [0.25, 0.3) is 0 Å². The topological polar surface area (TPSA) is 15.3 Å². The molecule has 0 aliphatic rings. The molecule has 1 rings (SSSR count). The highest BCUT2D eigenvalue weighted by Crippen LogP contribution is 2.13. The van der Waals surface area contributed by atoms with Crippen molar-refractivity contribution in [3.05, 3.63) is 29.3 Å². The lowest BCUT2D eigenvalue weighted by atomic mass is 10.3. The van der Waals surface area contributed by atoms with Gasteiger partial charge in [-0.05, 0) is 25.2 Å². The number of likely N-dealkylation sites (N-methyl/N-ethyl adjacent to an activating group) is 1. The smallest absolute Gasteiger partial charge is 0.0506 e. The average Bonchev–Trinajstić information content (AvgIpc) is 2.25. The SMILES string of the molecule is CCN(CC)CCNc1[c]c(Cl)ccc1. The van der Waals surface area contributed by atoms with Gasteiger partial charge in [-0.25, -0.2) is 0 Å². The second-order valence-electron chi connectivity index (χ2n) is 3.37. The Hall–Kier alpha value is -0.730. The van der Waals surface area contributed by atoms with Crippen molar-refractivity contribution < 1.29 is 0 Å². The summed E-state index contributed by atoms with van der Waals surface area (Å²) in [4.78, 5) is 2.37. The van der Waals surface area contributed by atoms with Gasteiger partial charge in [-0.1, -0.05) is 31.5 Å². The van der Waals surface area contributed by atoms with E-state index >= 15 is 0 Å². The Morgan fingerprint density at radius 3 is 2.67 bits per heavy atom. The third kappa shape index (κ3) is 4.54. The van der Waals surface area contributed by atoms with Gasteiger partial charge in [-0.2, -0.15) is 0 Å². The summed E-state index contributed by atoms with van der Waals surface area (Å²) in [5, 5.41) is 3.96. The van der Waals surface area contributed by atoms with Gasteiger partial charge >= 0.3 is 0 Å². The first-order valence-corrected chi connectivity index (χ1v) is 5.78. The van der Waals surface area contributed by atoms with E-state index in [2.05, 4.69) is 30.1 Å². The molecule has 0 amide bonds. The predicted octanol–water partition coefficient (Wildman–Crippen LogP) is 2.89. The Labute approximate surface area is 97.2 Å². The van der Waals surface area contributed by atoms with E-state index in [1.807, 2.05) is 18.2 Å². The van der Waals surface area contributed by atoms with Crippen molar-refractivity contribution in [3.63, 3.8) is 0 Å². The third-order valence-corrected chi connectivity index (χ3v) is 2.62. The van der Waals surface area contributed by atoms with Crippen LogP contribution >= 0.6 is 11.6 Å². The molecule has 0 spiro atoms. The van der Waals surface area contributed by atoms with E-state index in [0.29, 0.717) is 5.02 Å². The van der Waals surface area contributed by atoms with Crippen LogP contribution < -0.4 is 5.32 Å². The monoisotopic (exact) mass is 225 g/mol. The molecule has 0 aromatic heterocycles. The lowest BCUT2D eigenvalue weighted by Crippen LogP contribution is -2.28. The molecule has 0 atom stereocenters. The van der Waals surface area contributed by atoms with Crippen molar-refractivity contribution >= 4 is 17.3 Å². The minimum absolute atomic E-state index is 0.655. The second kappa shape index (κ2) is 6.70. The summed E-state index contributed by atoms with van der Waals surface area (Å²) in [6, 6.07) is 8.79. The molecule has 0 saturated heterocycles. The summed E-state index contributed by atoms with van der Waals surface area (Å²) in [6.07, 6.45) is 0. The van der Waals surface area contributed by atoms with Gasteiger partial charge in [0.1, 0.15) is 0 Å². The summed E-state index contributed by atoms with van der Waals surface area (Å²) in [5.74, 6) is 0. The Kier molecular flexibility index (Phi) is 5.51. The Morgan fingerprint density at radius 1 is 1.33 bits per heavy atom. The maximum absolute atomic E-state index is 5.83. The van der Waals surface area contributed by atoms with Gasteiger partial charge in [-0.15, -0.1) is 0 Å². The van der Waals surface area contributed by atoms with Crippen LogP contribution in [0.2, 0.25) is 5.02 Å². The molecular weight excluding hydrogens is 208 g/mol. The summed E-state index contributed by atoms with van der Waals surface area (Å²) in [6.45, 7) is 8.52. The molecule has 3 heteroatoms. The van der Waals surface area contributed by atoms with Gasteiger partial charge in [-0.3, -0.25) is 0 Å². The summed E-state index contributed by atoms with van der Waals surface area (Å²) < 4.78 is 0. The van der Waals surface area contributed by atoms with Crippen LogP contribution in [0.4, 0.5) is 5.69 Å². The zero-order valence-electron chi connectivity index (χ0n) is 9.39. The molecule has 0 bridgehead atoms. The van der Waals surface area contributed by atoms with E-state index < -0.39 is 0 Å². The van der Waals surface area contributed by atoms with Crippen LogP contribution in [-0.4, -0.2) is 31.1 Å². The standard InChI is InChI=1S/C12H18ClN2/c1-3-15(4-2)9-8-14-12-7-5-6-11(13)10-12/h5-7,14H,3-4,8-9H2,1-2H3. The van der Waals surface area contributed by atoms with E-state index in [0.717, 1.165) is 31.9 Å². The quantitative estimate of drug-likeness (QED) is 0.801. The first kappa shape index (κ1) is 12.3. The highest BCUT2D eigenvalue weighted by molar-refractivity contribution is 6.30. The molecule has 0 aliphatic carbocycles. The molecule has 1 N–H and O–H groups in total. The largest absolute Gasteiger partial charge is 0.383 e. The molecule has 1 radical (unpaired) electrons.